The number of carbonyl (C=O) groups is 1. The zero-order valence-corrected chi connectivity index (χ0v) is 12.1. The fourth-order valence-corrected chi connectivity index (χ4v) is 2.00. The van der Waals surface area contributed by atoms with Gasteiger partial charge in [0.05, 0.1) is 19.1 Å². The number of anilines is 1. The molecule has 0 unspecified atom stereocenters. The first-order chi connectivity index (χ1) is 10.1. The normalized spacial score (nSPS) is 11.7. The van der Waals surface area contributed by atoms with Crippen molar-refractivity contribution in [2.24, 2.45) is 0 Å². The maximum atomic E-state index is 11.9. The lowest BCUT2D eigenvalue weighted by Gasteiger charge is -2.14. The number of carbonyl (C=O) groups excluding carboxylic acids is 1. The van der Waals surface area contributed by atoms with E-state index in [4.69, 9.17) is 10.5 Å². The minimum Gasteiger partial charge on any atom is -0.493 e. The summed E-state index contributed by atoms with van der Waals surface area (Å²) in [5, 5.41) is 2.95. The molecule has 1 atom stereocenters. The van der Waals surface area contributed by atoms with Crippen LogP contribution in [0.3, 0.4) is 0 Å². The second-order valence-electron chi connectivity index (χ2n) is 4.87. The molecule has 2 rings (SSSR count). The Morgan fingerprint density at radius 1 is 1.19 bits per heavy atom. The Balaban J connectivity index is 1.75. The van der Waals surface area contributed by atoms with E-state index in [1.54, 1.807) is 12.1 Å². The van der Waals surface area contributed by atoms with Crippen molar-refractivity contribution in [3.63, 3.8) is 0 Å². The van der Waals surface area contributed by atoms with E-state index < -0.39 is 0 Å². The largest absolute Gasteiger partial charge is 0.493 e. The van der Waals surface area contributed by atoms with Gasteiger partial charge in [0, 0.05) is 11.8 Å². The van der Waals surface area contributed by atoms with Crippen LogP contribution < -0.4 is 15.8 Å². The molecule has 4 nitrogen and oxygen atoms in total. The number of hydrogen-bond acceptors (Lipinski definition) is 3. The van der Waals surface area contributed by atoms with Gasteiger partial charge in [-0.15, -0.1) is 0 Å². The monoisotopic (exact) mass is 284 g/mol. The average molecular weight is 284 g/mol. The van der Waals surface area contributed by atoms with Crippen molar-refractivity contribution in [2.45, 2.75) is 19.4 Å². The molecule has 110 valence electrons. The zero-order valence-electron chi connectivity index (χ0n) is 12.1. The number of ether oxygens (including phenoxy) is 1. The topological polar surface area (TPSA) is 64.3 Å². The van der Waals surface area contributed by atoms with Crippen molar-refractivity contribution in [1.82, 2.24) is 5.32 Å². The number of amides is 1. The van der Waals surface area contributed by atoms with Crippen LogP contribution >= 0.6 is 0 Å². The molecule has 0 aliphatic heterocycles. The van der Waals surface area contributed by atoms with Crippen LogP contribution in [-0.4, -0.2) is 12.5 Å². The van der Waals surface area contributed by atoms with Gasteiger partial charge in [0.2, 0.25) is 5.91 Å². The highest BCUT2D eigenvalue weighted by Crippen LogP contribution is 2.15. The van der Waals surface area contributed by atoms with Gasteiger partial charge in [0.25, 0.3) is 0 Å². The second-order valence-corrected chi connectivity index (χ2v) is 4.87. The lowest BCUT2D eigenvalue weighted by molar-refractivity contribution is -0.122. The van der Waals surface area contributed by atoms with Crippen LogP contribution in [0.4, 0.5) is 5.69 Å². The van der Waals surface area contributed by atoms with Crippen LogP contribution in [0.5, 0.6) is 5.75 Å². The molecule has 3 N–H and O–H groups in total. The van der Waals surface area contributed by atoms with E-state index in [0.29, 0.717) is 24.5 Å². The molecule has 2 aromatic carbocycles. The fourth-order valence-electron chi connectivity index (χ4n) is 2.00. The van der Waals surface area contributed by atoms with Gasteiger partial charge in [-0.2, -0.15) is 0 Å². The third-order valence-corrected chi connectivity index (χ3v) is 3.13. The summed E-state index contributed by atoms with van der Waals surface area (Å²) in [5.41, 5.74) is 7.39. The summed E-state index contributed by atoms with van der Waals surface area (Å²) in [6.45, 7) is 2.29. The van der Waals surface area contributed by atoms with Crippen molar-refractivity contribution in [1.29, 1.82) is 0 Å². The molecule has 0 aromatic heterocycles. The van der Waals surface area contributed by atoms with E-state index in [1.807, 2.05) is 49.4 Å². The summed E-state index contributed by atoms with van der Waals surface area (Å²) < 4.78 is 5.50. The van der Waals surface area contributed by atoms with Crippen molar-refractivity contribution in [2.75, 3.05) is 12.3 Å². The number of hydrogen-bond donors (Lipinski definition) is 2. The fraction of sp³-hybridized carbons (Fsp3) is 0.235. The molecule has 0 saturated carbocycles. The Kier molecular flexibility index (Phi) is 5.21. The quantitative estimate of drug-likeness (QED) is 0.802. The van der Waals surface area contributed by atoms with E-state index in [0.717, 1.165) is 5.56 Å². The van der Waals surface area contributed by atoms with Gasteiger partial charge in [-0.1, -0.05) is 36.4 Å². The van der Waals surface area contributed by atoms with Gasteiger partial charge in [-0.25, -0.2) is 0 Å². The molecule has 0 saturated heterocycles. The maximum Gasteiger partial charge on any atom is 0.223 e. The van der Waals surface area contributed by atoms with Gasteiger partial charge < -0.3 is 15.8 Å². The van der Waals surface area contributed by atoms with Gasteiger partial charge in [0.15, 0.2) is 0 Å². The standard InChI is InChI=1S/C17H20N2O2/c1-13(14-6-3-2-4-7-14)19-17(20)10-11-21-16-9-5-8-15(18)12-16/h2-9,12-13H,10-11,18H2,1H3,(H,19,20)/t13-/m1/s1. The molecule has 0 aliphatic rings. The minimum atomic E-state index is -0.0322. The molecular formula is C17H20N2O2. The predicted molar refractivity (Wildman–Crippen MR) is 84.0 cm³/mol. The SMILES string of the molecule is C[C@@H](NC(=O)CCOc1cccc(N)c1)c1ccccc1. The van der Waals surface area contributed by atoms with Crippen LogP contribution in [0.2, 0.25) is 0 Å². The van der Waals surface area contributed by atoms with Crippen LogP contribution in [0.1, 0.15) is 24.9 Å². The highest BCUT2D eigenvalue weighted by atomic mass is 16.5. The summed E-state index contributed by atoms with van der Waals surface area (Å²) >= 11 is 0. The van der Waals surface area contributed by atoms with Crippen molar-refractivity contribution in [3.8, 4) is 5.75 Å². The van der Waals surface area contributed by atoms with Crippen LogP contribution in [0, 0.1) is 0 Å². The number of nitrogen functional groups attached to an aromatic ring is 1. The highest BCUT2D eigenvalue weighted by Gasteiger charge is 2.09. The Morgan fingerprint density at radius 3 is 2.67 bits per heavy atom. The third-order valence-electron chi connectivity index (χ3n) is 3.13. The highest BCUT2D eigenvalue weighted by molar-refractivity contribution is 5.76. The van der Waals surface area contributed by atoms with Crippen LogP contribution in [-0.2, 0) is 4.79 Å². The van der Waals surface area contributed by atoms with Gasteiger partial charge in [-0.05, 0) is 24.6 Å². The summed E-state index contributed by atoms with van der Waals surface area (Å²) in [5.74, 6) is 0.647. The molecular weight excluding hydrogens is 264 g/mol. The van der Waals surface area contributed by atoms with Gasteiger partial charge >= 0.3 is 0 Å². The molecule has 0 heterocycles. The van der Waals surface area contributed by atoms with Crippen molar-refractivity contribution < 1.29 is 9.53 Å². The second kappa shape index (κ2) is 7.33. The third kappa shape index (κ3) is 4.84. The minimum absolute atomic E-state index is 0.00827. The average Bonchev–Trinajstić information content (AvgIpc) is 2.48. The van der Waals surface area contributed by atoms with Crippen LogP contribution in [0.25, 0.3) is 0 Å². The van der Waals surface area contributed by atoms with E-state index in [9.17, 15) is 4.79 Å². The smallest absolute Gasteiger partial charge is 0.223 e. The molecule has 2 aromatic rings. The Hall–Kier alpha value is -2.49. The van der Waals surface area contributed by atoms with E-state index in [-0.39, 0.29) is 11.9 Å². The van der Waals surface area contributed by atoms with E-state index in [2.05, 4.69) is 5.32 Å². The van der Waals surface area contributed by atoms with E-state index >= 15 is 0 Å². The Bertz CT molecular complexity index is 584. The molecule has 0 fully saturated rings. The lowest BCUT2D eigenvalue weighted by Crippen LogP contribution is -2.27. The first-order valence-electron chi connectivity index (χ1n) is 6.98. The number of rotatable bonds is 6. The molecule has 0 radical (unpaired) electrons. The maximum absolute atomic E-state index is 11.9. The Morgan fingerprint density at radius 2 is 1.95 bits per heavy atom. The Labute approximate surface area is 124 Å². The first kappa shape index (κ1) is 14.9. The van der Waals surface area contributed by atoms with E-state index in [1.165, 1.54) is 0 Å². The number of nitrogens with one attached hydrogen (secondary N) is 1. The summed E-state index contributed by atoms with van der Waals surface area (Å²) in [6.07, 6.45) is 0.311. The number of benzene rings is 2. The van der Waals surface area contributed by atoms with Gasteiger partial charge in [-0.3, -0.25) is 4.79 Å². The summed E-state index contributed by atoms with van der Waals surface area (Å²) in [7, 11) is 0. The van der Waals surface area contributed by atoms with Crippen LogP contribution in [0.15, 0.2) is 54.6 Å². The summed E-state index contributed by atoms with van der Waals surface area (Å²) in [6, 6.07) is 17.0. The molecule has 0 aliphatic carbocycles. The molecule has 0 bridgehead atoms. The first-order valence-corrected chi connectivity index (χ1v) is 6.98. The molecule has 1 amide bonds. The molecule has 0 spiro atoms. The molecule has 4 heteroatoms. The molecule has 21 heavy (non-hydrogen) atoms. The lowest BCUT2D eigenvalue weighted by atomic mass is 10.1. The van der Waals surface area contributed by atoms with Gasteiger partial charge in [0.1, 0.15) is 5.75 Å². The zero-order chi connectivity index (χ0) is 15.1. The number of nitrogens with two attached hydrogens (primary N) is 1. The summed E-state index contributed by atoms with van der Waals surface area (Å²) in [4.78, 5) is 11.9. The predicted octanol–water partition coefficient (Wildman–Crippen LogP) is 2.92. The van der Waals surface area contributed by atoms with Crippen molar-refractivity contribution >= 4 is 11.6 Å². The van der Waals surface area contributed by atoms with Crippen molar-refractivity contribution in [3.05, 3.63) is 60.2 Å².